The predicted octanol–water partition coefficient (Wildman–Crippen LogP) is 0.608. The monoisotopic (exact) mass is 200 g/mol. The predicted molar refractivity (Wildman–Crippen MR) is 52.7 cm³/mol. The number of hydrogen-bond acceptors (Lipinski definition) is 3. The Labute approximate surface area is 82.5 Å². The molecule has 5 heteroatoms. The number of ether oxygens (including phenoxy) is 1. The first kappa shape index (κ1) is 10.7. The Bertz CT molecular complexity index is 365. The SMILES string of the molecule is CCCCOc1c(O)n(C)c(=O)n1C. The fraction of sp³-hybridized carbons (Fsp3) is 0.667. The van der Waals surface area contributed by atoms with Gasteiger partial charge in [0.1, 0.15) is 0 Å². The van der Waals surface area contributed by atoms with Gasteiger partial charge in [0.25, 0.3) is 11.8 Å². The van der Waals surface area contributed by atoms with Crippen molar-refractivity contribution >= 4 is 0 Å². The van der Waals surface area contributed by atoms with E-state index in [1.54, 1.807) is 7.05 Å². The van der Waals surface area contributed by atoms with Gasteiger partial charge in [-0.05, 0) is 6.42 Å². The summed E-state index contributed by atoms with van der Waals surface area (Å²) >= 11 is 0. The fourth-order valence-corrected chi connectivity index (χ4v) is 1.17. The molecule has 1 aromatic heterocycles. The number of rotatable bonds is 4. The quantitative estimate of drug-likeness (QED) is 0.724. The van der Waals surface area contributed by atoms with Crippen LogP contribution < -0.4 is 10.4 Å². The van der Waals surface area contributed by atoms with E-state index in [1.807, 2.05) is 6.92 Å². The lowest BCUT2D eigenvalue weighted by Crippen LogP contribution is -2.19. The molecule has 14 heavy (non-hydrogen) atoms. The van der Waals surface area contributed by atoms with Crippen LogP contribution in [0.5, 0.6) is 11.8 Å². The third-order valence-corrected chi connectivity index (χ3v) is 2.12. The van der Waals surface area contributed by atoms with Gasteiger partial charge >= 0.3 is 5.69 Å². The van der Waals surface area contributed by atoms with E-state index in [1.165, 1.54) is 11.6 Å². The van der Waals surface area contributed by atoms with Gasteiger partial charge in [-0.2, -0.15) is 0 Å². The first-order valence-corrected chi connectivity index (χ1v) is 4.67. The Morgan fingerprint density at radius 2 is 2.00 bits per heavy atom. The van der Waals surface area contributed by atoms with Crippen LogP contribution in [0.25, 0.3) is 0 Å². The van der Waals surface area contributed by atoms with Gasteiger partial charge in [0.2, 0.25) is 0 Å². The van der Waals surface area contributed by atoms with Gasteiger partial charge in [-0.15, -0.1) is 0 Å². The molecule has 0 bridgehead atoms. The van der Waals surface area contributed by atoms with Crippen LogP contribution in [0.4, 0.5) is 0 Å². The number of aromatic nitrogens is 2. The van der Waals surface area contributed by atoms with Crippen molar-refractivity contribution in [1.82, 2.24) is 9.13 Å². The molecular formula is C9H16N2O3. The van der Waals surface area contributed by atoms with Crippen molar-refractivity contribution < 1.29 is 9.84 Å². The largest absolute Gasteiger partial charge is 0.491 e. The van der Waals surface area contributed by atoms with Crippen LogP contribution in [-0.2, 0) is 14.1 Å². The minimum absolute atomic E-state index is 0.117. The zero-order valence-electron chi connectivity index (χ0n) is 8.78. The molecule has 0 aliphatic rings. The van der Waals surface area contributed by atoms with Gasteiger partial charge in [0.05, 0.1) is 6.61 Å². The minimum Gasteiger partial charge on any atom is -0.491 e. The summed E-state index contributed by atoms with van der Waals surface area (Å²) in [6.07, 6.45) is 1.92. The van der Waals surface area contributed by atoms with E-state index in [0.29, 0.717) is 6.61 Å². The Morgan fingerprint density at radius 3 is 2.43 bits per heavy atom. The topological polar surface area (TPSA) is 56.4 Å². The standard InChI is InChI=1S/C9H16N2O3/c1-4-5-6-14-8-7(12)10(2)9(13)11(8)3/h12H,4-6H2,1-3H3. The lowest BCUT2D eigenvalue weighted by molar-refractivity contribution is 0.269. The lowest BCUT2D eigenvalue weighted by atomic mass is 10.4. The number of unbranched alkanes of at least 4 members (excludes halogenated alkanes) is 1. The fourth-order valence-electron chi connectivity index (χ4n) is 1.17. The molecule has 0 saturated carbocycles. The maximum absolute atomic E-state index is 11.3. The average Bonchev–Trinajstić information content (AvgIpc) is 2.35. The molecule has 0 spiro atoms. The number of aromatic hydroxyl groups is 1. The molecular weight excluding hydrogens is 184 g/mol. The van der Waals surface area contributed by atoms with Crippen LogP contribution >= 0.6 is 0 Å². The molecule has 0 unspecified atom stereocenters. The van der Waals surface area contributed by atoms with Crippen molar-refractivity contribution in [1.29, 1.82) is 0 Å². The molecule has 1 N–H and O–H groups in total. The Hall–Kier alpha value is -1.39. The summed E-state index contributed by atoms with van der Waals surface area (Å²) in [5, 5.41) is 9.52. The highest BCUT2D eigenvalue weighted by molar-refractivity contribution is 5.26. The van der Waals surface area contributed by atoms with E-state index in [2.05, 4.69) is 0 Å². The Balaban J connectivity index is 2.86. The first-order valence-electron chi connectivity index (χ1n) is 4.67. The summed E-state index contributed by atoms with van der Waals surface area (Å²) < 4.78 is 7.75. The van der Waals surface area contributed by atoms with Gasteiger partial charge in [-0.3, -0.25) is 9.13 Å². The number of nitrogens with zero attached hydrogens (tertiary/aromatic N) is 2. The van der Waals surface area contributed by atoms with E-state index in [0.717, 1.165) is 17.4 Å². The second-order valence-electron chi connectivity index (χ2n) is 3.23. The van der Waals surface area contributed by atoms with Crippen LogP contribution in [0.15, 0.2) is 4.79 Å². The van der Waals surface area contributed by atoms with Gasteiger partial charge in [-0.1, -0.05) is 13.3 Å². The van der Waals surface area contributed by atoms with E-state index in [4.69, 9.17) is 4.74 Å². The van der Waals surface area contributed by atoms with Crippen LogP contribution in [0.3, 0.4) is 0 Å². The summed E-state index contributed by atoms with van der Waals surface area (Å²) in [6.45, 7) is 2.56. The molecule has 0 saturated heterocycles. The maximum Gasteiger partial charge on any atom is 0.333 e. The van der Waals surface area contributed by atoms with E-state index >= 15 is 0 Å². The van der Waals surface area contributed by atoms with E-state index in [9.17, 15) is 9.90 Å². The lowest BCUT2D eigenvalue weighted by Gasteiger charge is -2.04. The molecule has 0 fully saturated rings. The van der Waals surface area contributed by atoms with Gasteiger partial charge in [0, 0.05) is 14.1 Å². The van der Waals surface area contributed by atoms with E-state index < -0.39 is 0 Å². The molecule has 1 heterocycles. The highest BCUT2D eigenvalue weighted by Crippen LogP contribution is 2.22. The van der Waals surface area contributed by atoms with Crippen LogP contribution in [0.1, 0.15) is 19.8 Å². The second-order valence-corrected chi connectivity index (χ2v) is 3.23. The molecule has 0 aliphatic carbocycles. The van der Waals surface area contributed by atoms with Crippen molar-refractivity contribution in [2.45, 2.75) is 19.8 Å². The van der Waals surface area contributed by atoms with Crippen LogP contribution in [0.2, 0.25) is 0 Å². The van der Waals surface area contributed by atoms with Crippen molar-refractivity contribution in [3.8, 4) is 11.8 Å². The smallest absolute Gasteiger partial charge is 0.333 e. The minimum atomic E-state index is -0.283. The van der Waals surface area contributed by atoms with E-state index in [-0.39, 0.29) is 17.4 Å². The maximum atomic E-state index is 11.3. The van der Waals surface area contributed by atoms with Crippen LogP contribution in [-0.4, -0.2) is 20.8 Å². The second kappa shape index (κ2) is 4.21. The summed E-state index contributed by atoms with van der Waals surface area (Å²) in [6, 6.07) is 0. The van der Waals surface area contributed by atoms with Gasteiger partial charge in [-0.25, -0.2) is 4.79 Å². The zero-order chi connectivity index (χ0) is 10.7. The highest BCUT2D eigenvalue weighted by Gasteiger charge is 2.15. The average molecular weight is 200 g/mol. The molecule has 0 atom stereocenters. The van der Waals surface area contributed by atoms with Crippen LogP contribution in [0, 0.1) is 0 Å². The highest BCUT2D eigenvalue weighted by atomic mass is 16.5. The van der Waals surface area contributed by atoms with Gasteiger partial charge < -0.3 is 9.84 Å². The third-order valence-electron chi connectivity index (χ3n) is 2.12. The van der Waals surface area contributed by atoms with Crippen molar-refractivity contribution in [3.63, 3.8) is 0 Å². The summed E-state index contributed by atoms with van der Waals surface area (Å²) in [5.74, 6) is 0.125. The summed E-state index contributed by atoms with van der Waals surface area (Å²) in [4.78, 5) is 11.3. The molecule has 5 nitrogen and oxygen atoms in total. The van der Waals surface area contributed by atoms with Crippen molar-refractivity contribution in [2.24, 2.45) is 14.1 Å². The van der Waals surface area contributed by atoms with Crippen molar-refractivity contribution in [2.75, 3.05) is 6.61 Å². The molecule has 1 aromatic rings. The first-order chi connectivity index (χ1) is 6.59. The summed E-state index contributed by atoms with van der Waals surface area (Å²) in [7, 11) is 3.08. The molecule has 0 aliphatic heterocycles. The Morgan fingerprint density at radius 1 is 1.36 bits per heavy atom. The number of imidazole rings is 1. The number of hydrogen-bond donors (Lipinski definition) is 1. The summed E-state index contributed by atoms with van der Waals surface area (Å²) in [5.41, 5.74) is -0.283. The molecule has 80 valence electrons. The molecule has 1 rings (SSSR count). The third kappa shape index (κ3) is 1.76. The normalized spacial score (nSPS) is 10.5. The molecule has 0 amide bonds. The van der Waals surface area contributed by atoms with Crippen molar-refractivity contribution in [3.05, 3.63) is 10.5 Å². The molecule has 0 radical (unpaired) electrons. The Kier molecular flexibility index (Phi) is 3.22. The van der Waals surface area contributed by atoms with Gasteiger partial charge in [0.15, 0.2) is 0 Å². The zero-order valence-corrected chi connectivity index (χ0v) is 8.78. The molecule has 0 aromatic carbocycles.